The summed E-state index contributed by atoms with van der Waals surface area (Å²) in [6, 6.07) is 8.27. The number of hydrogen-bond acceptors (Lipinski definition) is 4. The van der Waals surface area contributed by atoms with Crippen LogP contribution in [0.2, 0.25) is 0 Å². The highest BCUT2D eigenvalue weighted by Gasteiger charge is 2.38. The highest BCUT2D eigenvalue weighted by atomic mass is 32.1. The molecular formula is C23H24F2N2O3S. The van der Waals surface area contributed by atoms with E-state index >= 15 is 0 Å². The maximum Gasteiger partial charge on any atom is 0.338 e. The fourth-order valence-corrected chi connectivity index (χ4v) is 4.06. The molecule has 2 aromatic rings. The largest absolute Gasteiger partial charge is 0.460 e. The molecule has 1 atom stereocenters. The smallest absolute Gasteiger partial charge is 0.338 e. The minimum absolute atomic E-state index is 0.00653. The van der Waals surface area contributed by atoms with Crippen molar-refractivity contribution in [3.8, 4) is 0 Å². The summed E-state index contributed by atoms with van der Waals surface area (Å²) in [7, 11) is 1.48. The molecule has 31 heavy (non-hydrogen) atoms. The van der Waals surface area contributed by atoms with Gasteiger partial charge in [-0.2, -0.15) is 0 Å². The zero-order valence-corrected chi connectivity index (χ0v) is 18.6. The lowest BCUT2D eigenvalue weighted by Gasteiger charge is -2.38. The second-order valence-corrected chi connectivity index (χ2v) is 7.71. The van der Waals surface area contributed by atoms with Gasteiger partial charge < -0.3 is 14.8 Å². The number of ether oxygens (including phenoxy) is 2. The zero-order valence-electron chi connectivity index (χ0n) is 17.8. The summed E-state index contributed by atoms with van der Waals surface area (Å²) in [6.45, 7) is 5.79. The number of carbonyl (C=O) groups excluding carboxylic acids is 1. The number of halogens is 2. The van der Waals surface area contributed by atoms with Gasteiger partial charge in [0.2, 0.25) is 0 Å². The van der Waals surface area contributed by atoms with E-state index in [0.29, 0.717) is 5.70 Å². The van der Waals surface area contributed by atoms with Gasteiger partial charge in [-0.15, -0.1) is 0 Å². The summed E-state index contributed by atoms with van der Waals surface area (Å²) >= 11 is 5.55. The Labute approximate surface area is 185 Å². The van der Waals surface area contributed by atoms with E-state index in [0.717, 1.165) is 28.9 Å². The number of thiocarbonyl (C=S) groups is 1. The van der Waals surface area contributed by atoms with Crippen LogP contribution >= 0.6 is 12.2 Å². The fraction of sp³-hybridized carbons (Fsp3) is 0.304. The predicted octanol–water partition coefficient (Wildman–Crippen LogP) is 4.48. The molecule has 164 valence electrons. The Hall–Kier alpha value is -2.84. The molecule has 0 bridgehead atoms. The van der Waals surface area contributed by atoms with E-state index in [9.17, 15) is 13.6 Å². The van der Waals surface area contributed by atoms with Gasteiger partial charge >= 0.3 is 5.97 Å². The molecule has 3 rings (SSSR count). The third-order valence-electron chi connectivity index (χ3n) is 4.98. The van der Waals surface area contributed by atoms with Crippen LogP contribution in [-0.4, -0.2) is 31.4 Å². The van der Waals surface area contributed by atoms with Crippen molar-refractivity contribution >= 4 is 29.0 Å². The van der Waals surface area contributed by atoms with E-state index in [1.165, 1.54) is 13.2 Å². The number of aryl methyl sites for hydroxylation is 2. The van der Waals surface area contributed by atoms with E-state index in [-0.39, 0.29) is 29.5 Å². The fourth-order valence-electron chi connectivity index (χ4n) is 3.70. The van der Waals surface area contributed by atoms with Crippen molar-refractivity contribution in [1.29, 1.82) is 0 Å². The van der Waals surface area contributed by atoms with E-state index in [4.69, 9.17) is 21.7 Å². The van der Waals surface area contributed by atoms with Crippen molar-refractivity contribution in [3.63, 3.8) is 0 Å². The van der Waals surface area contributed by atoms with Crippen molar-refractivity contribution in [2.45, 2.75) is 26.8 Å². The Balaban J connectivity index is 2.16. The van der Waals surface area contributed by atoms with Crippen LogP contribution in [0.15, 0.2) is 47.7 Å². The van der Waals surface area contributed by atoms with Crippen molar-refractivity contribution in [3.05, 3.63) is 76.0 Å². The Bertz CT molecular complexity index is 1010. The van der Waals surface area contributed by atoms with Crippen LogP contribution in [-0.2, 0) is 14.3 Å². The molecule has 0 amide bonds. The number of carbonyl (C=O) groups is 1. The quantitative estimate of drug-likeness (QED) is 0.401. The zero-order chi connectivity index (χ0) is 22.7. The van der Waals surface area contributed by atoms with E-state index in [1.807, 2.05) is 32.0 Å². The SMILES string of the molecule is COCCOC(=O)C1=C(C)N(c2cc(C)cc(C)c2)C(=S)NC1c1c(F)cccc1F. The van der Waals surface area contributed by atoms with E-state index < -0.39 is 23.6 Å². The van der Waals surface area contributed by atoms with Gasteiger partial charge in [0.05, 0.1) is 23.8 Å². The molecule has 1 aliphatic rings. The van der Waals surface area contributed by atoms with Crippen molar-refractivity contribution in [2.24, 2.45) is 0 Å². The summed E-state index contributed by atoms with van der Waals surface area (Å²) in [5.41, 5.74) is 2.98. The first-order valence-electron chi connectivity index (χ1n) is 9.74. The van der Waals surface area contributed by atoms with Crippen LogP contribution < -0.4 is 10.2 Å². The number of methoxy groups -OCH3 is 1. The second kappa shape index (κ2) is 9.53. The van der Waals surface area contributed by atoms with Gasteiger partial charge in [0.1, 0.15) is 18.2 Å². The molecule has 0 saturated carbocycles. The Kier molecular flexibility index (Phi) is 7.02. The second-order valence-electron chi connectivity index (χ2n) is 7.33. The van der Waals surface area contributed by atoms with E-state index in [2.05, 4.69) is 5.32 Å². The summed E-state index contributed by atoms with van der Waals surface area (Å²) in [6.07, 6.45) is 0. The number of rotatable bonds is 6. The summed E-state index contributed by atoms with van der Waals surface area (Å²) in [5.74, 6) is -2.27. The Morgan fingerprint density at radius 2 is 1.71 bits per heavy atom. The average Bonchev–Trinajstić information content (AvgIpc) is 2.67. The molecule has 0 fully saturated rings. The standard InChI is InChI=1S/C23H24F2N2O3S/c1-13-10-14(2)12-16(11-13)27-15(3)19(22(28)30-9-8-29-4)21(26-23(27)31)20-17(24)6-5-7-18(20)25/h5-7,10-12,21H,8-9H2,1-4H3,(H,26,31). The molecule has 1 aliphatic heterocycles. The molecule has 0 aliphatic carbocycles. The van der Waals surface area contributed by atoms with Gasteiger partial charge in [-0.1, -0.05) is 12.1 Å². The van der Waals surface area contributed by atoms with Crippen LogP contribution in [0.3, 0.4) is 0 Å². The minimum atomic E-state index is -1.13. The van der Waals surface area contributed by atoms with Crippen molar-refractivity contribution in [2.75, 3.05) is 25.2 Å². The van der Waals surface area contributed by atoms with Gasteiger partial charge in [-0.25, -0.2) is 13.6 Å². The van der Waals surface area contributed by atoms with Crippen LogP contribution in [0, 0.1) is 25.5 Å². The molecule has 0 radical (unpaired) electrons. The summed E-state index contributed by atoms with van der Waals surface area (Å²) < 4.78 is 39.5. The molecule has 0 aromatic heterocycles. The third-order valence-corrected chi connectivity index (χ3v) is 5.28. The van der Waals surface area contributed by atoms with Crippen molar-refractivity contribution < 1.29 is 23.0 Å². The molecule has 2 aromatic carbocycles. The minimum Gasteiger partial charge on any atom is -0.460 e. The monoisotopic (exact) mass is 446 g/mol. The van der Waals surface area contributed by atoms with Gasteiger partial charge in [0.25, 0.3) is 0 Å². The van der Waals surface area contributed by atoms with Crippen LogP contribution in [0.25, 0.3) is 0 Å². The van der Waals surface area contributed by atoms with Crippen LogP contribution in [0.1, 0.15) is 29.7 Å². The summed E-state index contributed by atoms with van der Waals surface area (Å²) in [5, 5.41) is 3.17. The first kappa shape index (κ1) is 22.8. The van der Waals surface area contributed by atoms with Crippen LogP contribution in [0.5, 0.6) is 0 Å². The topological polar surface area (TPSA) is 50.8 Å². The number of nitrogens with zero attached hydrogens (tertiary/aromatic N) is 1. The maximum atomic E-state index is 14.6. The maximum absolute atomic E-state index is 14.6. The first-order valence-corrected chi connectivity index (χ1v) is 10.1. The highest BCUT2D eigenvalue weighted by molar-refractivity contribution is 7.80. The van der Waals surface area contributed by atoms with Crippen LogP contribution in [0.4, 0.5) is 14.5 Å². The van der Waals surface area contributed by atoms with E-state index in [1.54, 1.807) is 11.8 Å². The average molecular weight is 447 g/mol. The van der Waals surface area contributed by atoms with Gasteiger partial charge in [0, 0.05) is 18.5 Å². The molecule has 1 N–H and O–H groups in total. The molecule has 1 heterocycles. The van der Waals surface area contributed by atoms with Gasteiger partial charge in [0.15, 0.2) is 5.11 Å². The molecule has 0 saturated heterocycles. The molecule has 8 heteroatoms. The van der Waals surface area contributed by atoms with Crippen molar-refractivity contribution in [1.82, 2.24) is 5.32 Å². The first-order chi connectivity index (χ1) is 14.7. The molecule has 1 unspecified atom stereocenters. The Morgan fingerprint density at radius 1 is 1.10 bits per heavy atom. The number of allylic oxidation sites excluding steroid dienone is 1. The number of esters is 1. The molecule has 5 nitrogen and oxygen atoms in total. The van der Waals surface area contributed by atoms with Gasteiger partial charge in [-0.05, 0) is 68.4 Å². The molecular weight excluding hydrogens is 422 g/mol. The lowest BCUT2D eigenvalue weighted by molar-refractivity contribution is -0.140. The van der Waals surface area contributed by atoms with Gasteiger partial charge in [-0.3, -0.25) is 4.90 Å². The summed E-state index contributed by atoms with van der Waals surface area (Å²) in [4.78, 5) is 14.7. The normalized spacial score (nSPS) is 16.4. The number of hydrogen-bond donors (Lipinski definition) is 1. The lowest BCUT2D eigenvalue weighted by atomic mass is 9.93. The third kappa shape index (κ3) is 4.75. The lowest BCUT2D eigenvalue weighted by Crippen LogP contribution is -2.48. The highest BCUT2D eigenvalue weighted by Crippen LogP contribution is 2.36. The number of nitrogens with one attached hydrogen (secondary N) is 1. The number of benzene rings is 2. The predicted molar refractivity (Wildman–Crippen MR) is 119 cm³/mol. The number of anilines is 1. The molecule has 0 spiro atoms. The Morgan fingerprint density at radius 3 is 2.29 bits per heavy atom.